The maximum atomic E-state index is 14.7. The van der Waals surface area contributed by atoms with E-state index in [0.717, 1.165) is 0 Å². The molecule has 0 unspecified atom stereocenters. The summed E-state index contributed by atoms with van der Waals surface area (Å²) in [5, 5.41) is 62.9. The van der Waals surface area contributed by atoms with Gasteiger partial charge in [-0.2, -0.15) is 15.8 Å². The number of aryl methyl sites for hydroxylation is 3. The predicted molar refractivity (Wildman–Crippen MR) is 537 cm³/mol. The number of nitrogens with zero attached hydrogens (tertiary/aromatic N) is 18. The van der Waals surface area contributed by atoms with Gasteiger partial charge in [-0.25, -0.2) is 28.1 Å². The van der Waals surface area contributed by atoms with Gasteiger partial charge in [0.15, 0.2) is 17.5 Å². The van der Waals surface area contributed by atoms with Crippen molar-refractivity contribution in [3.63, 3.8) is 0 Å². The normalized spacial score (nSPS) is 15.0. The van der Waals surface area contributed by atoms with E-state index in [1.807, 2.05) is 97.8 Å². The number of piperazine rings is 3. The minimum atomic E-state index is -0.993. The summed E-state index contributed by atoms with van der Waals surface area (Å²) in [6.45, 7) is 40.7. The molecule has 714 valence electrons. The molecule has 12 heterocycles. The molecule has 3 fully saturated rings. The number of phenols is 3. The van der Waals surface area contributed by atoms with Crippen LogP contribution in [-0.4, -0.2) is 168 Å². The van der Waals surface area contributed by atoms with Gasteiger partial charge in [0.05, 0.1) is 98.4 Å². The van der Waals surface area contributed by atoms with E-state index in [0.29, 0.717) is 143 Å². The molecule has 0 saturated carbocycles. The van der Waals surface area contributed by atoms with Crippen LogP contribution in [0.4, 0.5) is 30.2 Å². The number of pyridine rings is 9. The third kappa shape index (κ3) is 18.0. The highest BCUT2D eigenvalue weighted by Gasteiger charge is 2.40. The number of carbonyl (C=O) groups is 3. The average molecular weight is 2050 g/mol. The number of aromatic hydroxyl groups is 3. The molecule has 3 N–H and O–H groups in total. The van der Waals surface area contributed by atoms with Gasteiger partial charge in [-0.1, -0.05) is 166 Å². The molecule has 3 atom stereocenters. The van der Waals surface area contributed by atoms with Crippen molar-refractivity contribution in [1.29, 1.82) is 15.8 Å². The highest BCUT2D eigenvalue weighted by Crippen LogP contribution is 2.52. The van der Waals surface area contributed by atoms with Crippen molar-refractivity contribution in [2.24, 2.45) is 0 Å². The quantitative estimate of drug-likeness (QED) is 0.0634. The van der Waals surface area contributed by atoms with Gasteiger partial charge in [0, 0.05) is 128 Å². The van der Waals surface area contributed by atoms with Gasteiger partial charge in [-0.3, -0.25) is 57.4 Å². The van der Waals surface area contributed by atoms with Crippen molar-refractivity contribution < 1.29 is 42.9 Å². The number of aromatic nitrogens is 9. The first-order chi connectivity index (χ1) is 65.2. The summed E-state index contributed by atoms with van der Waals surface area (Å²) >= 11 is 57.7. The number of hydrogen-bond acceptors (Lipinski definition) is 21. The number of rotatable bonds is 15. The molecular weight excluding hydrogens is 1960 g/mol. The van der Waals surface area contributed by atoms with E-state index in [1.165, 1.54) is 52.7 Å². The lowest BCUT2D eigenvalue weighted by Crippen LogP contribution is -2.54. The Morgan fingerprint density at radius 2 is 0.638 bits per heavy atom. The second kappa shape index (κ2) is 40.9. The predicted octanol–water partition coefficient (Wildman–Crippen LogP) is 21.3. The van der Waals surface area contributed by atoms with E-state index >= 15 is 0 Å². The highest BCUT2D eigenvalue weighted by atomic mass is 35.5. The van der Waals surface area contributed by atoms with Crippen LogP contribution < -0.4 is 31.4 Å². The van der Waals surface area contributed by atoms with Crippen LogP contribution in [0.3, 0.4) is 0 Å². The molecule has 0 aliphatic carbocycles. The number of benzene rings is 3. The highest BCUT2D eigenvalue weighted by molar-refractivity contribution is 6.40. The van der Waals surface area contributed by atoms with E-state index in [-0.39, 0.29) is 168 Å². The van der Waals surface area contributed by atoms with Crippen LogP contribution in [0.25, 0.3) is 83.9 Å². The van der Waals surface area contributed by atoms with Crippen LogP contribution in [0.2, 0.25) is 45.2 Å². The molecular formula is C99H90Cl9F3N18O9. The molecule has 3 amide bonds. The van der Waals surface area contributed by atoms with Gasteiger partial charge in [0.25, 0.3) is 16.7 Å². The number of halogens is 12. The van der Waals surface area contributed by atoms with Crippen LogP contribution in [0.15, 0.2) is 107 Å². The summed E-state index contributed by atoms with van der Waals surface area (Å²) in [5.41, 5.74) is 4.52. The largest absolute Gasteiger partial charge is 0.506 e. The van der Waals surface area contributed by atoms with Crippen molar-refractivity contribution in [3.8, 4) is 86.3 Å². The van der Waals surface area contributed by atoms with Crippen molar-refractivity contribution in [2.45, 2.75) is 140 Å². The lowest BCUT2D eigenvalue weighted by molar-refractivity contribution is -0.129. The zero-order valence-corrected chi connectivity index (χ0v) is 84.1. The Labute approximate surface area is 836 Å². The SMILES string of the molecule is C=CC(=O)N1CCN(c2c(C#N)c(=O)n(-c3c(C)ccnc3C(C)C)c3nc(-c4c(C)c(Cl)c(F)c(Cl)c4O)c(Cl)cc23)C[C@H]1C.C=CC(=O)N1CCN(c2c(C#N)c(=O)n(-c3c(C)ccnc3C(C)C)c3nc(-c4c(C)c(Cl)c(F)c(Cl)c4O)c(Cl)cc23)C[C@H]1C.C=CC(=O)N1CCN(c2c(C#N)c(=O)n(-c3c(C)ccnc3C(C)C)c3nc(-c4c(C)c(Cl)c(F)c(Cl)c4O)c(Cl)cc23)C[C@H]1C. The third-order valence-corrected chi connectivity index (χ3v) is 28.1. The molecule has 39 heteroatoms. The van der Waals surface area contributed by atoms with Gasteiger partial charge in [0.1, 0.15) is 84.2 Å². The Morgan fingerprint density at radius 1 is 0.406 bits per heavy atom. The molecule has 138 heavy (non-hydrogen) atoms. The molecule has 3 aromatic carbocycles. The molecule has 15 rings (SSSR count). The number of phenolic OH excluding ortho intramolecular Hbond substituents is 3. The average Bonchev–Trinajstić information content (AvgIpc) is 0.726. The molecule has 12 aromatic rings. The molecule has 0 bridgehead atoms. The fraction of sp³-hybridized carbons (Fsp3) is 0.303. The first-order valence-electron chi connectivity index (χ1n) is 43.3. The standard InChI is InChI=1S/3C33H30Cl3FN6O3/c3*1-7-22(44)42-11-10-41(14-17(42)5)30-19-12-21(34)28(23-18(6)24(35)26(37)25(36)31(23)45)40-32(19)43(33(46)20(30)13-38)29-16(4)8-9-39-27(29)15(2)3/h3*7-9,12,15,17,45H,1,10-11,14H2,2-6H3/t3*17-/m111/s1. The fourth-order valence-corrected chi connectivity index (χ4v) is 20.1. The number of hydrogen-bond donors (Lipinski definition) is 3. The number of anilines is 3. The van der Waals surface area contributed by atoms with Crippen LogP contribution in [0, 0.1) is 93.0 Å². The van der Waals surface area contributed by atoms with E-state index in [1.54, 1.807) is 69.7 Å². The second-order valence-corrected chi connectivity index (χ2v) is 38.0. The lowest BCUT2D eigenvalue weighted by Gasteiger charge is -2.41. The Kier molecular flexibility index (Phi) is 30.5. The Bertz CT molecular complexity index is 6780. The molecule has 3 saturated heterocycles. The first kappa shape index (κ1) is 103. The van der Waals surface area contributed by atoms with E-state index < -0.39 is 66.4 Å². The summed E-state index contributed by atoms with van der Waals surface area (Å²) in [5.74, 6) is -5.84. The zero-order chi connectivity index (χ0) is 101. The minimum absolute atomic E-state index is 0.000758. The maximum Gasteiger partial charge on any atom is 0.276 e. The number of amides is 3. The minimum Gasteiger partial charge on any atom is -0.506 e. The smallest absolute Gasteiger partial charge is 0.276 e. The molecule has 3 aliphatic rings. The molecule has 0 radical (unpaired) electrons. The summed E-state index contributed by atoms with van der Waals surface area (Å²) in [6, 6.07) is 15.5. The summed E-state index contributed by atoms with van der Waals surface area (Å²) in [4.78, 5) is 120. The number of fused-ring (bicyclic) bond motifs is 3. The van der Waals surface area contributed by atoms with Crippen LogP contribution in [-0.2, 0) is 14.4 Å². The lowest BCUT2D eigenvalue weighted by atomic mass is 10.0. The third-order valence-electron chi connectivity index (χ3n) is 24.9. The van der Waals surface area contributed by atoms with Gasteiger partial charge < -0.3 is 44.7 Å². The van der Waals surface area contributed by atoms with Crippen molar-refractivity contribution >= 4 is 172 Å². The van der Waals surface area contributed by atoms with Crippen LogP contribution in [0.1, 0.15) is 147 Å². The van der Waals surface area contributed by atoms with E-state index in [4.69, 9.17) is 119 Å². The summed E-state index contributed by atoms with van der Waals surface area (Å²) in [7, 11) is 0. The summed E-state index contributed by atoms with van der Waals surface area (Å²) < 4.78 is 48.1. The fourth-order valence-electron chi connectivity index (χ4n) is 18.1. The molecule has 0 spiro atoms. The van der Waals surface area contributed by atoms with Crippen molar-refractivity contribution in [3.05, 3.63) is 254 Å². The van der Waals surface area contributed by atoms with Crippen molar-refractivity contribution in [2.75, 3.05) is 73.6 Å². The Morgan fingerprint density at radius 3 is 0.841 bits per heavy atom. The number of nitriles is 3. The van der Waals surface area contributed by atoms with E-state index in [9.17, 15) is 73.0 Å². The van der Waals surface area contributed by atoms with E-state index in [2.05, 4.69) is 52.9 Å². The first-order valence-corrected chi connectivity index (χ1v) is 46.7. The van der Waals surface area contributed by atoms with Crippen molar-refractivity contribution in [1.82, 2.24) is 58.3 Å². The second-order valence-electron chi connectivity index (χ2n) is 34.5. The molecule has 9 aromatic heterocycles. The number of carbonyl (C=O) groups excluding carboxylic acids is 3. The Hall–Kier alpha value is -12.5. The molecule has 27 nitrogen and oxygen atoms in total. The van der Waals surface area contributed by atoms with Gasteiger partial charge in [-0.05, 0) is 168 Å². The van der Waals surface area contributed by atoms with Crippen LogP contribution in [0.5, 0.6) is 17.2 Å². The summed E-state index contributed by atoms with van der Waals surface area (Å²) in [6.07, 6.45) is 8.69. The van der Waals surface area contributed by atoms with Gasteiger partial charge in [-0.15, -0.1) is 0 Å². The Balaban J connectivity index is 0.000000175. The zero-order valence-electron chi connectivity index (χ0n) is 77.3. The molecule has 3 aliphatic heterocycles. The van der Waals surface area contributed by atoms with Gasteiger partial charge >= 0.3 is 0 Å². The monoisotopic (exact) mass is 2050 g/mol. The van der Waals surface area contributed by atoms with Crippen LogP contribution >= 0.6 is 104 Å². The topological polar surface area (TPSA) is 346 Å². The maximum absolute atomic E-state index is 14.7. The van der Waals surface area contributed by atoms with Gasteiger partial charge in [0.2, 0.25) is 17.7 Å².